The molecular weight excluding hydrogens is 1740 g/mol. The van der Waals surface area contributed by atoms with E-state index in [-0.39, 0.29) is 5.41 Å². The first kappa shape index (κ1) is 84.7. The molecule has 143 heavy (non-hydrogen) atoms. The van der Waals surface area contributed by atoms with Gasteiger partial charge in [-0.05, 0) is 283 Å². The number of anilines is 12. The number of hydrogen-bond acceptors (Lipinski definition) is 8. The number of benzene rings is 22. The van der Waals surface area contributed by atoms with Gasteiger partial charge in [-0.1, -0.05) is 341 Å². The highest BCUT2D eigenvalue weighted by Crippen LogP contribution is 2.54. The largest absolute Gasteiger partial charge is 0.456 e. The maximum atomic E-state index is 6.48. The Morgan fingerprint density at radius 1 is 0.140 bits per heavy atom. The molecule has 22 aromatic carbocycles. The third-order valence-electron chi connectivity index (χ3n) is 28.6. The maximum absolute atomic E-state index is 6.48. The Labute approximate surface area is 828 Å². The first-order valence-electron chi connectivity index (χ1n) is 48.8. The summed E-state index contributed by atoms with van der Waals surface area (Å²) in [6, 6.07) is 186. The fourth-order valence-electron chi connectivity index (χ4n) is 21.4. The van der Waals surface area contributed by atoms with Gasteiger partial charge >= 0.3 is 0 Å². The molecule has 1 aliphatic rings. The van der Waals surface area contributed by atoms with Gasteiger partial charge in [-0.2, -0.15) is 0 Å². The molecule has 0 bridgehead atoms. The molecule has 27 rings (SSSR count). The normalized spacial score (nSPS) is 12.0. The minimum Gasteiger partial charge on any atom is -0.456 e. The Balaban J connectivity index is 0.000000147. The summed E-state index contributed by atoms with van der Waals surface area (Å²) in [6.45, 7) is 4.73. The summed E-state index contributed by atoms with van der Waals surface area (Å²) in [5.74, 6) is 0. The molecular formula is C135H92N4O4. The van der Waals surface area contributed by atoms with Crippen molar-refractivity contribution in [3.63, 3.8) is 0 Å². The van der Waals surface area contributed by atoms with Crippen LogP contribution in [0.1, 0.15) is 25.0 Å². The quantitative estimate of drug-likeness (QED) is 0.0793. The van der Waals surface area contributed by atoms with E-state index in [0.717, 1.165) is 212 Å². The lowest BCUT2D eigenvalue weighted by Gasteiger charge is -2.29. The zero-order valence-electron chi connectivity index (χ0n) is 78.6. The van der Waals surface area contributed by atoms with Crippen molar-refractivity contribution in [2.24, 2.45) is 0 Å². The van der Waals surface area contributed by atoms with Gasteiger partial charge in [0.1, 0.15) is 44.7 Å². The van der Waals surface area contributed by atoms with Crippen LogP contribution in [0.2, 0.25) is 0 Å². The predicted octanol–water partition coefficient (Wildman–Crippen LogP) is 38.8. The Morgan fingerprint density at radius 3 is 0.671 bits per heavy atom. The third-order valence-corrected chi connectivity index (χ3v) is 28.6. The van der Waals surface area contributed by atoms with Crippen molar-refractivity contribution in [3.05, 3.63) is 533 Å². The van der Waals surface area contributed by atoms with Gasteiger partial charge in [0.15, 0.2) is 0 Å². The van der Waals surface area contributed by atoms with E-state index in [0.29, 0.717) is 0 Å². The summed E-state index contributed by atoms with van der Waals surface area (Å²) in [5, 5.41) is 9.02. The highest BCUT2D eigenvalue weighted by atomic mass is 16.3. The molecule has 4 aromatic heterocycles. The van der Waals surface area contributed by atoms with Gasteiger partial charge in [0.05, 0.1) is 0 Å². The zero-order chi connectivity index (χ0) is 95.0. The molecule has 0 fully saturated rings. The van der Waals surface area contributed by atoms with Crippen LogP contribution in [0.3, 0.4) is 0 Å². The zero-order valence-corrected chi connectivity index (χ0v) is 78.6. The molecule has 0 atom stereocenters. The van der Waals surface area contributed by atoms with E-state index in [4.69, 9.17) is 17.7 Å². The van der Waals surface area contributed by atoms with Gasteiger partial charge in [-0.3, -0.25) is 0 Å². The Bertz CT molecular complexity index is 9120. The third kappa shape index (κ3) is 15.6. The van der Waals surface area contributed by atoms with E-state index in [9.17, 15) is 0 Å². The van der Waals surface area contributed by atoms with Crippen molar-refractivity contribution in [2.75, 3.05) is 19.6 Å². The topological polar surface area (TPSA) is 65.5 Å². The van der Waals surface area contributed by atoms with Crippen LogP contribution in [0.25, 0.3) is 177 Å². The molecule has 0 spiro atoms. The predicted molar refractivity (Wildman–Crippen MR) is 596 cm³/mol. The molecule has 26 aromatic rings. The number of fused-ring (bicyclic) bond motifs is 15. The minimum absolute atomic E-state index is 0.268. The van der Waals surface area contributed by atoms with Gasteiger partial charge < -0.3 is 37.3 Å². The number of para-hydroxylation sites is 8. The van der Waals surface area contributed by atoms with E-state index in [2.05, 4.69) is 507 Å². The Hall–Kier alpha value is -18.8. The molecule has 0 amide bonds. The summed E-state index contributed by atoms with van der Waals surface area (Å²) >= 11 is 0. The summed E-state index contributed by atoms with van der Waals surface area (Å²) in [5.41, 5.74) is 40.9. The molecule has 1 aliphatic carbocycles. The van der Waals surface area contributed by atoms with Crippen LogP contribution in [0.15, 0.2) is 539 Å². The van der Waals surface area contributed by atoms with Gasteiger partial charge in [0.25, 0.3) is 0 Å². The van der Waals surface area contributed by atoms with E-state index in [1.807, 2.05) is 48.5 Å². The number of rotatable bonds is 19. The molecule has 8 nitrogen and oxygen atoms in total. The second kappa shape index (κ2) is 35.7. The van der Waals surface area contributed by atoms with Gasteiger partial charge in [-0.15, -0.1) is 0 Å². The van der Waals surface area contributed by atoms with Crippen LogP contribution in [0, 0.1) is 0 Å². The Morgan fingerprint density at radius 2 is 0.357 bits per heavy atom. The molecule has 8 heteroatoms. The van der Waals surface area contributed by atoms with Crippen LogP contribution in [-0.4, -0.2) is 0 Å². The molecule has 0 aliphatic heterocycles. The van der Waals surface area contributed by atoms with Crippen molar-refractivity contribution in [2.45, 2.75) is 19.3 Å². The Kier molecular flexibility index (Phi) is 21.1. The molecule has 0 saturated carbocycles. The summed E-state index contributed by atoms with van der Waals surface area (Å²) in [6.07, 6.45) is 0. The molecule has 676 valence electrons. The average molecular weight is 1830 g/mol. The number of nitrogens with zero attached hydrogens (tertiary/aromatic N) is 4. The van der Waals surface area contributed by atoms with Gasteiger partial charge in [-0.25, -0.2) is 0 Å². The van der Waals surface area contributed by atoms with Crippen molar-refractivity contribution < 1.29 is 17.7 Å². The summed E-state index contributed by atoms with van der Waals surface area (Å²) in [7, 11) is 0. The van der Waals surface area contributed by atoms with E-state index < -0.39 is 0 Å². The van der Waals surface area contributed by atoms with Crippen molar-refractivity contribution in [1.29, 1.82) is 0 Å². The molecule has 0 N–H and O–H groups in total. The minimum atomic E-state index is -0.268. The van der Waals surface area contributed by atoms with Gasteiger partial charge in [0.2, 0.25) is 0 Å². The molecule has 0 saturated heterocycles. The van der Waals surface area contributed by atoms with Crippen LogP contribution in [-0.2, 0) is 5.41 Å². The SMILES string of the molecule is CC1(C)c2cc(N(c3ccccc3)c3ccccc3)ccc2-c2ccc(N(c3ccc(-c4ccc5c(c4)oc4ccccc45)cc3)c3ccc(-c4cccc5c4oc4ccccc45)cc3)cc21.c1ccc(-c2ccc(N(c3ccc(-c4ccccc4)cc3)c3ccc(-c4ccc(N(c5ccc(-c6ccc7c(c6)oc6ccccc67)cc5)c5ccc(-c6cccc7c6oc6ccccc67)cc5)cc4)cc3)cc2)cc1. The van der Waals surface area contributed by atoms with Crippen LogP contribution in [0.5, 0.6) is 0 Å². The van der Waals surface area contributed by atoms with E-state index in [1.165, 1.54) is 44.5 Å². The van der Waals surface area contributed by atoms with Crippen LogP contribution in [0.4, 0.5) is 68.2 Å². The first-order chi connectivity index (χ1) is 70.6. The lowest BCUT2D eigenvalue weighted by Crippen LogP contribution is -2.17. The monoisotopic (exact) mass is 1830 g/mol. The van der Waals surface area contributed by atoms with E-state index in [1.54, 1.807) is 0 Å². The standard InChI is InChI=1S/C72H48N2O2.C63H44N2O2/c1-3-12-49(13-4-1)51-22-35-58(36-23-51)73(59-37-24-52(25-38-59)50-14-5-2-6-15-50)60-39-26-53(27-40-60)54-28-41-61(42-29-54)74(62-43-30-55(31-44-62)57-34-47-67-65-16-7-9-20-69(65)75-71(67)48-57)63-45-32-56(33-46-63)64-18-11-19-68-66-17-8-10-21-70(66)76-72(64)68;1-63(2)57-39-48(64(44-14-5-3-6-15-44)45-16-7-4-8-17-45)33-36-51(57)52-37-34-49(40-58(52)63)65(46-29-24-41(25-30-46)43-28-35-55-53-18-9-11-22-59(53)66-61(55)38-43)47-31-26-42(27-32-47)50-20-13-21-56-54-19-10-12-23-60(54)67-62(50)56/h1-48H;3-40H,1-2H3. The van der Waals surface area contributed by atoms with E-state index >= 15 is 0 Å². The molecule has 4 heterocycles. The molecule has 0 unspecified atom stereocenters. The number of furan rings is 4. The highest BCUT2D eigenvalue weighted by molar-refractivity contribution is 6.12. The maximum Gasteiger partial charge on any atom is 0.143 e. The van der Waals surface area contributed by atoms with Crippen LogP contribution < -0.4 is 19.6 Å². The average Bonchev–Trinajstić information content (AvgIpc) is 1.57. The second-order valence-corrected chi connectivity index (χ2v) is 37.4. The fraction of sp³-hybridized carbons (Fsp3) is 0.0222. The second-order valence-electron chi connectivity index (χ2n) is 37.4. The molecule has 0 radical (unpaired) electrons. The lowest BCUT2D eigenvalue weighted by molar-refractivity contribution is 0.660. The highest BCUT2D eigenvalue weighted by Gasteiger charge is 2.38. The lowest BCUT2D eigenvalue weighted by atomic mass is 9.82. The first-order valence-corrected chi connectivity index (χ1v) is 48.8. The van der Waals surface area contributed by atoms with Crippen molar-refractivity contribution >= 4 is 156 Å². The fourth-order valence-corrected chi connectivity index (χ4v) is 21.4. The van der Waals surface area contributed by atoms with Crippen molar-refractivity contribution in [3.8, 4) is 89.0 Å². The van der Waals surface area contributed by atoms with Crippen molar-refractivity contribution in [1.82, 2.24) is 0 Å². The summed E-state index contributed by atoms with van der Waals surface area (Å²) in [4.78, 5) is 9.40. The smallest absolute Gasteiger partial charge is 0.143 e. The van der Waals surface area contributed by atoms with Crippen LogP contribution >= 0.6 is 0 Å². The summed E-state index contributed by atoms with van der Waals surface area (Å²) < 4.78 is 25.5. The number of hydrogen-bond donors (Lipinski definition) is 0. The van der Waals surface area contributed by atoms with Gasteiger partial charge in [0, 0.05) is 128 Å².